The molecule has 2 rings (SSSR count). The molecule has 3 nitrogen and oxygen atoms in total. The van der Waals surface area contributed by atoms with Crippen molar-refractivity contribution >= 4 is 35.8 Å². The van der Waals surface area contributed by atoms with Crippen LogP contribution < -0.4 is 5.32 Å². The Morgan fingerprint density at radius 1 is 1.22 bits per heavy atom. The third-order valence-corrected chi connectivity index (χ3v) is 3.84. The van der Waals surface area contributed by atoms with Crippen LogP contribution in [0.4, 0.5) is 5.69 Å². The third kappa shape index (κ3) is 4.78. The summed E-state index contributed by atoms with van der Waals surface area (Å²) in [7, 11) is 0. The van der Waals surface area contributed by atoms with E-state index >= 15 is 0 Å². The van der Waals surface area contributed by atoms with Crippen molar-refractivity contribution in [3.05, 3.63) is 30.3 Å². The molecule has 0 saturated carbocycles. The highest BCUT2D eigenvalue weighted by Gasteiger charge is 2.14. The molecule has 1 heterocycles. The second kappa shape index (κ2) is 8.27. The van der Waals surface area contributed by atoms with Crippen LogP contribution in [0.3, 0.4) is 0 Å². The fourth-order valence-electron chi connectivity index (χ4n) is 1.84. The van der Waals surface area contributed by atoms with Crippen molar-refractivity contribution in [2.45, 2.75) is 6.42 Å². The van der Waals surface area contributed by atoms with Gasteiger partial charge in [0.1, 0.15) is 0 Å². The zero-order valence-electron chi connectivity index (χ0n) is 10.3. The number of benzene rings is 1. The van der Waals surface area contributed by atoms with Crippen molar-refractivity contribution in [1.82, 2.24) is 4.90 Å². The highest BCUT2D eigenvalue weighted by atomic mass is 35.5. The third-order valence-electron chi connectivity index (χ3n) is 2.79. The molecule has 0 atom stereocenters. The largest absolute Gasteiger partial charge is 0.376 e. The summed E-state index contributed by atoms with van der Waals surface area (Å²) in [5.74, 6) is 2.45. The molecule has 1 aliphatic rings. The summed E-state index contributed by atoms with van der Waals surface area (Å²) >= 11 is 1.94. The lowest BCUT2D eigenvalue weighted by molar-refractivity contribution is -0.129. The van der Waals surface area contributed by atoms with Crippen molar-refractivity contribution in [2.75, 3.05) is 36.5 Å². The Morgan fingerprint density at radius 2 is 2.00 bits per heavy atom. The Bertz CT molecular complexity index is 353. The number of carbonyl (C=O) groups is 1. The number of rotatable bonds is 3. The zero-order chi connectivity index (χ0) is 11.9. The number of hydrogen-bond acceptors (Lipinski definition) is 3. The number of thioether (sulfide) groups is 1. The Morgan fingerprint density at radius 3 is 2.78 bits per heavy atom. The molecule has 1 aromatic rings. The van der Waals surface area contributed by atoms with Crippen LogP contribution in [0.15, 0.2) is 30.3 Å². The lowest BCUT2D eigenvalue weighted by atomic mass is 10.3. The minimum absolute atomic E-state index is 0. The standard InChI is InChI=1S/C13H18N2OS.ClH/c16-13(15-7-4-9-17-10-8-15)11-14-12-5-2-1-3-6-12;/h1-3,5-6,14H,4,7-11H2;1H. The Hall–Kier alpha value is -0.870. The quantitative estimate of drug-likeness (QED) is 0.927. The van der Waals surface area contributed by atoms with E-state index in [9.17, 15) is 4.79 Å². The minimum atomic E-state index is 0. The van der Waals surface area contributed by atoms with Gasteiger partial charge < -0.3 is 10.2 Å². The highest BCUT2D eigenvalue weighted by Crippen LogP contribution is 2.10. The number of nitrogens with zero attached hydrogens (tertiary/aromatic N) is 1. The number of anilines is 1. The Labute approximate surface area is 119 Å². The van der Waals surface area contributed by atoms with Crippen LogP contribution in [0.25, 0.3) is 0 Å². The summed E-state index contributed by atoms with van der Waals surface area (Å²) in [6, 6.07) is 9.86. The first kappa shape index (κ1) is 15.2. The van der Waals surface area contributed by atoms with Crippen LogP contribution in [0.5, 0.6) is 0 Å². The molecule has 1 fully saturated rings. The summed E-state index contributed by atoms with van der Waals surface area (Å²) in [6.07, 6.45) is 1.11. The maximum absolute atomic E-state index is 12.0. The lowest BCUT2D eigenvalue weighted by Crippen LogP contribution is -2.37. The Kier molecular flexibility index (Phi) is 6.98. The van der Waals surface area contributed by atoms with Crippen molar-refractivity contribution < 1.29 is 4.79 Å². The van der Waals surface area contributed by atoms with Crippen LogP contribution >= 0.6 is 24.2 Å². The topological polar surface area (TPSA) is 32.3 Å². The Balaban J connectivity index is 0.00000162. The molecule has 0 aliphatic carbocycles. The monoisotopic (exact) mass is 286 g/mol. The van der Waals surface area contributed by atoms with Gasteiger partial charge >= 0.3 is 0 Å². The molecule has 0 aromatic heterocycles. The van der Waals surface area contributed by atoms with E-state index in [-0.39, 0.29) is 18.3 Å². The SMILES string of the molecule is Cl.O=C(CNc1ccccc1)N1CCCSCC1. The van der Waals surface area contributed by atoms with Crippen molar-refractivity contribution in [1.29, 1.82) is 0 Å². The smallest absolute Gasteiger partial charge is 0.241 e. The first-order valence-electron chi connectivity index (χ1n) is 6.01. The summed E-state index contributed by atoms with van der Waals surface area (Å²) in [5.41, 5.74) is 1.00. The van der Waals surface area contributed by atoms with Gasteiger partial charge in [0.15, 0.2) is 0 Å². The van der Waals surface area contributed by atoms with E-state index < -0.39 is 0 Å². The first-order chi connectivity index (χ1) is 8.36. The molecule has 1 N–H and O–H groups in total. The summed E-state index contributed by atoms with van der Waals surface area (Å²) in [4.78, 5) is 13.9. The van der Waals surface area contributed by atoms with E-state index in [1.165, 1.54) is 5.75 Å². The van der Waals surface area contributed by atoms with Gasteiger partial charge in [-0.1, -0.05) is 18.2 Å². The van der Waals surface area contributed by atoms with Gasteiger partial charge in [-0.2, -0.15) is 11.8 Å². The summed E-state index contributed by atoms with van der Waals surface area (Å²) in [5, 5.41) is 3.16. The predicted molar refractivity (Wildman–Crippen MR) is 80.7 cm³/mol. The zero-order valence-corrected chi connectivity index (χ0v) is 11.9. The molecular weight excluding hydrogens is 268 g/mol. The summed E-state index contributed by atoms with van der Waals surface area (Å²) in [6.45, 7) is 2.19. The van der Waals surface area contributed by atoms with Crippen molar-refractivity contribution in [3.63, 3.8) is 0 Å². The molecular formula is C13H19ClN2OS. The average molecular weight is 287 g/mol. The number of halogens is 1. The molecule has 0 bridgehead atoms. The van der Waals surface area contributed by atoms with E-state index in [0.717, 1.165) is 31.0 Å². The normalized spacial score (nSPS) is 15.4. The van der Waals surface area contributed by atoms with E-state index in [0.29, 0.717) is 6.54 Å². The van der Waals surface area contributed by atoms with Gasteiger partial charge in [-0.05, 0) is 24.3 Å². The number of hydrogen-bond donors (Lipinski definition) is 1. The lowest BCUT2D eigenvalue weighted by Gasteiger charge is -2.20. The summed E-state index contributed by atoms with van der Waals surface area (Å²) < 4.78 is 0. The minimum Gasteiger partial charge on any atom is -0.376 e. The van der Waals surface area contributed by atoms with Gasteiger partial charge in [0.05, 0.1) is 6.54 Å². The van der Waals surface area contributed by atoms with Gasteiger partial charge in [0, 0.05) is 24.5 Å². The van der Waals surface area contributed by atoms with E-state index in [1.54, 1.807) is 0 Å². The number of amides is 1. The molecule has 18 heavy (non-hydrogen) atoms. The molecule has 1 aliphatic heterocycles. The van der Waals surface area contributed by atoms with Crippen molar-refractivity contribution in [2.24, 2.45) is 0 Å². The molecule has 0 unspecified atom stereocenters. The molecule has 0 spiro atoms. The van der Waals surface area contributed by atoms with Gasteiger partial charge in [-0.3, -0.25) is 4.79 Å². The van der Waals surface area contributed by atoms with Crippen molar-refractivity contribution in [3.8, 4) is 0 Å². The fourth-order valence-corrected chi connectivity index (χ4v) is 2.73. The molecule has 1 amide bonds. The highest BCUT2D eigenvalue weighted by molar-refractivity contribution is 7.99. The maximum atomic E-state index is 12.0. The van der Waals surface area contributed by atoms with Crippen LogP contribution in [0.1, 0.15) is 6.42 Å². The molecule has 1 aromatic carbocycles. The van der Waals surface area contributed by atoms with Gasteiger partial charge in [0.25, 0.3) is 0 Å². The first-order valence-corrected chi connectivity index (χ1v) is 7.16. The molecule has 0 radical (unpaired) electrons. The molecule has 1 saturated heterocycles. The van der Waals surface area contributed by atoms with E-state index in [4.69, 9.17) is 0 Å². The van der Waals surface area contributed by atoms with Crippen LogP contribution in [0.2, 0.25) is 0 Å². The molecule has 100 valence electrons. The molecule has 5 heteroatoms. The number of carbonyl (C=O) groups excluding carboxylic acids is 1. The second-order valence-electron chi connectivity index (χ2n) is 4.07. The number of nitrogens with one attached hydrogen (secondary N) is 1. The van der Waals surface area contributed by atoms with Gasteiger partial charge in [-0.25, -0.2) is 0 Å². The fraction of sp³-hybridized carbons (Fsp3) is 0.462. The van der Waals surface area contributed by atoms with Gasteiger partial charge in [-0.15, -0.1) is 12.4 Å². The maximum Gasteiger partial charge on any atom is 0.241 e. The average Bonchev–Trinajstić information content (AvgIpc) is 2.66. The number of para-hydroxylation sites is 1. The van der Waals surface area contributed by atoms with Crippen LogP contribution in [0, 0.1) is 0 Å². The van der Waals surface area contributed by atoms with E-state index in [2.05, 4.69) is 5.32 Å². The van der Waals surface area contributed by atoms with Crippen LogP contribution in [-0.4, -0.2) is 41.9 Å². The van der Waals surface area contributed by atoms with Crippen LogP contribution in [-0.2, 0) is 4.79 Å². The van der Waals surface area contributed by atoms with Gasteiger partial charge in [0.2, 0.25) is 5.91 Å². The second-order valence-corrected chi connectivity index (χ2v) is 5.29. The predicted octanol–water partition coefficient (Wildman–Crippen LogP) is 2.49. The van der Waals surface area contributed by atoms with E-state index in [1.807, 2.05) is 47.0 Å².